The standard InChI is InChI=1S/C18H12N2O5/c1-2-5-12(16-8-9-17(25-16)20(23)24)15-10-13(18(21)22)11-6-3-4-7-14(11)19-15/h2-10H,1H2,(H,21,22)/b12-5-. The molecular weight excluding hydrogens is 324 g/mol. The first kappa shape index (κ1) is 16.1. The lowest BCUT2D eigenvalue weighted by atomic mass is 10.0. The van der Waals surface area contributed by atoms with Gasteiger partial charge in [0.1, 0.15) is 10.7 Å². The Balaban J connectivity index is 2.23. The van der Waals surface area contributed by atoms with Crippen molar-refractivity contribution in [3.05, 3.63) is 88.3 Å². The van der Waals surface area contributed by atoms with Crippen LogP contribution in [0.4, 0.5) is 5.88 Å². The Morgan fingerprint density at radius 3 is 2.68 bits per heavy atom. The third-order valence-corrected chi connectivity index (χ3v) is 3.54. The van der Waals surface area contributed by atoms with Crippen LogP contribution >= 0.6 is 0 Å². The predicted octanol–water partition coefficient (Wildman–Crippen LogP) is 4.05. The number of para-hydroxylation sites is 1. The molecule has 1 N–H and O–H groups in total. The van der Waals surface area contributed by atoms with E-state index in [0.717, 1.165) is 0 Å². The van der Waals surface area contributed by atoms with Crippen molar-refractivity contribution in [2.75, 3.05) is 0 Å². The van der Waals surface area contributed by atoms with E-state index in [0.29, 0.717) is 22.2 Å². The van der Waals surface area contributed by atoms with Crippen LogP contribution in [0, 0.1) is 10.1 Å². The Kier molecular flexibility index (Phi) is 4.13. The highest BCUT2D eigenvalue weighted by Gasteiger charge is 2.19. The van der Waals surface area contributed by atoms with Crippen LogP contribution in [-0.2, 0) is 0 Å². The second kappa shape index (κ2) is 6.40. The Hall–Kier alpha value is -3.74. The molecule has 2 aromatic heterocycles. The highest BCUT2D eigenvalue weighted by atomic mass is 16.6. The third kappa shape index (κ3) is 3.02. The van der Waals surface area contributed by atoms with Crippen LogP contribution in [0.5, 0.6) is 0 Å². The smallest absolute Gasteiger partial charge is 0.433 e. The molecule has 0 spiro atoms. The number of hydrogen-bond acceptors (Lipinski definition) is 5. The molecule has 0 unspecified atom stereocenters. The summed E-state index contributed by atoms with van der Waals surface area (Å²) in [5, 5.41) is 20.8. The van der Waals surface area contributed by atoms with Crippen LogP contribution in [0.15, 0.2) is 65.6 Å². The molecule has 1 aromatic carbocycles. The molecule has 0 fully saturated rings. The number of carbonyl (C=O) groups is 1. The molecule has 124 valence electrons. The number of furan rings is 1. The minimum Gasteiger partial charge on any atom is -0.478 e. The second-order valence-corrected chi connectivity index (χ2v) is 5.09. The lowest BCUT2D eigenvalue weighted by Crippen LogP contribution is -2.02. The lowest BCUT2D eigenvalue weighted by molar-refractivity contribution is -0.402. The molecule has 0 aliphatic rings. The van der Waals surface area contributed by atoms with Crippen LogP contribution in [-0.4, -0.2) is 21.0 Å². The molecule has 0 aliphatic heterocycles. The summed E-state index contributed by atoms with van der Waals surface area (Å²) in [5.74, 6) is -1.31. The normalized spacial score (nSPS) is 11.4. The first-order valence-electron chi connectivity index (χ1n) is 7.22. The van der Waals surface area contributed by atoms with E-state index in [1.807, 2.05) is 0 Å². The first-order valence-corrected chi connectivity index (χ1v) is 7.22. The van der Waals surface area contributed by atoms with Crippen molar-refractivity contribution >= 4 is 28.3 Å². The molecule has 0 saturated heterocycles. The number of fused-ring (bicyclic) bond motifs is 1. The van der Waals surface area contributed by atoms with Crippen LogP contribution in [0.1, 0.15) is 21.8 Å². The fourth-order valence-electron chi connectivity index (χ4n) is 2.47. The average Bonchev–Trinajstić information content (AvgIpc) is 3.08. The third-order valence-electron chi connectivity index (χ3n) is 3.54. The van der Waals surface area contributed by atoms with E-state index in [1.165, 1.54) is 24.3 Å². The summed E-state index contributed by atoms with van der Waals surface area (Å²) in [5.41, 5.74) is 1.29. The van der Waals surface area contributed by atoms with Gasteiger partial charge in [-0.05, 0) is 24.3 Å². The molecule has 3 aromatic rings. The van der Waals surface area contributed by atoms with Gasteiger partial charge in [-0.3, -0.25) is 10.1 Å². The average molecular weight is 336 g/mol. The van der Waals surface area contributed by atoms with Crippen molar-refractivity contribution in [1.29, 1.82) is 0 Å². The number of hydrogen-bond donors (Lipinski definition) is 1. The number of pyridine rings is 1. The van der Waals surface area contributed by atoms with Crippen LogP contribution in [0.3, 0.4) is 0 Å². The largest absolute Gasteiger partial charge is 0.478 e. The molecule has 0 radical (unpaired) electrons. The molecule has 0 aliphatic carbocycles. The molecule has 2 heterocycles. The Labute approximate surface area is 141 Å². The van der Waals surface area contributed by atoms with Gasteiger partial charge in [-0.25, -0.2) is 9.78 Å². The fourth-order valence-corrected chi connectivity index (χ4v) is 2.47. The molecule has 0 amide bonds. The minimum atomic E-state index is -1.09. The number of allylic oxidation sites excluding steroid dienone is 2. The zero-order valence-corrected chi connectivity index (χ0v) is 12.9. The van der Waals surface area contributed by atoms with Gasteiger partial charge in [0.15, 0.2) is 0 Å². The minimum absolute atomic E-state index is 0.0802. The van der Waals surface area contributed by atoms with E-state index in [1.54, 1.807) is 30.3 Å². The van der Waals surface area contributed by atoms with Crippen molar-refractivity contribution in [2.24, 2.45) is 0 Å². The van der Waals surface area contributed by atoms with E-state index in [9.17, 15) is 20.0 Å². The summed E-state index contributed by atoms with van der Waals surface area (Å²) in [4.78, 5) is 26.2. The number of aromatic carboxylic acids is 1. The molecule has 7 nitrogen and oxygen atoms in total. The number of aromatic nitrogens is 1. The molecule has 25 heavy (non-hydrogen) atoms. The zero-order chi connectivity index (χ0) is 18.0. The van der Waals surface area contributed by atoms with Crippen LogP contribution in [0.25, 0.3) is 16.5 Å². The van der Waals surface area contributed by atoms with E-state index >= 15 is 0 Å². The maximum Gasteiger partial charge on any atom is 0.433 e. The molecule has 0 atom stereocenters. The molecule has 3 rings (SSSR count). The second-order valence-electron chi connectivity index (χ2n) is 5.09. The van der Waals surface area contributed by atoms with Gasteiger partial charge in [0.25, 0.3) is 0 Å². The SMILES string of the molecule is C=C/C=C(/c1cc(C(=O)O)c2ccccc2n1)c1ccc([N+](=O)[O-])o1. The number of carboxylic acid groups (broad SMARTS) is 1. The summed E-state index contributed by atoms with van der Waals surface area (Å²) < 4.78 is 5.22. The molecule has 7 heteroatoms. The van der Waals surface area contributed by atoms with Gasteiger partial charge in [0, 0.05) is 11.0 Å². The zero-order valence-electron chi connectivity index (χ0n) is 12.9. The summed E-state index contributed by atoms with van der Waals surface area (Å²) in [6.07, 6.45) is 3.03. The maximum absolute atomic E-state index is 11.6. The van der Waals surface area contributed by atoms with E-state index < -0.39 is 16.8 Å². The fraction of sp³-hybridized carbons (Fsp3) is 0. The Morgan fingerprint density at radius 2 is 2.04 bits per heavy atom. The number of nitro groups is 1. The monoisotopic (exact) mass is 336 g/mol. The van der Waals surface area contributed by atoms with E-state index in [-0.39, 0.29) is 11.3 Å². The Bertz CT molecular complexity index is 1030. The van der Waals surface area contributed by atoms with Gasteiger partial charge < -0.3 is 9.52 Å². The van der Waals surface area contributed by atoms with Gasteiger partial charge in [-0.15, -0.1) is 0 Å². The first-order chi connectivity index (χ1) is 12.0. The number of carboxylic acids is 1. The summed E-state index contributed by atoms with van der Waals surface area (Å²) in [6.45, 7) is 3.62. The highest BCUT2D eigenvalue weighted by molar-refractivity contribution is 6.03. The van der Waals surface area contributed by atoms with E-state index in [2.05, 4.69) is 11.6 Å². The van der Waals surface area contributed by atoms with Gasteiger partial charge in [0.2, 0.25) is 0 Å². The maximum atomic E-state index is 11.6. The number of benzene rings is 1. The summed E-state index contributed by atoms with van der Waals surface area (Å²) in [7, 11) is 0. The topological polar surface area (TPSA) is 106 Å². The van der Waals surface area contributed by atoms with Gasteiger partial charge in [0.05, 0.1) is 22.8 Å². The van der Waals surface area contributed by atoms with Crippen molar-refractivity contribution in [1.82, 2.24) is 4.98 Å². The van der Waals surface area contributed by atoms with Crippen molar-refractivity contribution < 1.29 is 19.2 Å². The Morgan fingerprint density at radius 1 is 1.28 bits per heavy atom. The van der Waals surface area contributed by atoms with Gasteiger partial charge in [-0.1, -0.05) is 30.9 Å². The van der Waals surface area contributed by atoms with Gasteiger partial charge in [-0.2, -0.15) is 0 Å². The van der Waals surface area contributed by atoms with Crippen molar-refractivity contribution in [3.8, 4) is 0 Å². The summed E-state index contributed by atoms with van der Waals surface area (Å²) in [6, 6.07) is 10.9. The van der Waals surface area contributed by atoms with Crippen molar-refractivity contribution in [3.63, 3.8) is 0 Å². The number of nitrogens with zero attached hydrogens (tertiary/aromatic N) is 2. The molecular formula is C18H12N2O5. The van der Waals surface area contributed by atoms with Crippen molar-refractivity contribution in [2.45, 2.75) is 0 Å². The quantitative estimate of drug-likeness (QED) is 0.428. The number of rotatable bonds is 5. The predicted molar refractivity (Wildman–Crippen MR) is 91.3 cm³/mol. The highest BCUT2D eigenvalue weighted by Crippen LogP contribution is 2.29. The van der Waals surface area contributed by atoms with E-state index in [4.69, 9.17) is 4.42 Å². The summed E-state index contributed by atoms with van der Waals surface area (Å²) >= 11 is 0. The van der Waals surface area contributed by atoms with Crippen LogP contribution < -0.4 is 0 Å². The molecule has 0 saturated carbocycles. The van der Waals surface area contributed by atoms with Crippen LogP contribution in [0.2, 0.25) is 0 Å². The van der Waals surface area contributed by atoms with Gasteiger partial charge >= 0.3 is 11.9 Å². The molecule has 0 bridgehead atoms. The lowest BCUT2D eigenvalue weighted by Gasteiger charge is -2.08.